The molecule has 4 nitrogen and oxygen atoms in total. The molecule has 1 unspecified atom stereocenters. The van der Waals surface area contributed by atoms with Crippen molar-refractivity contribution in [3.8, 4) is 0 Å². The van der Waals surface area contributed by atoms with Crippen molar-refractivity contribution in [2.45, 2.75) is 51.7 Å². The quantitative estimate of drug-likeness (QED) is 0.799. The summed E-state index contributed by atoms with van der Waals surface area (Å²) in [5, 5.41) is 2.86. The Morgan fingerprint density at radius 3 is 2.50 bits per heavy atom. The van der Waals surface area contributed by atoms with Crippen LogP contribution in [0.25, 0.3) is 0 Å². The van der Waals surface area contributed by atoms with E-state index in [9.17, 15) is 13.2 Å². The fourth-order valence-electron chi connectivity index (χ4n) is 2.44. The first-order chi connectivity index (χ1) is 8.34. The maximum atomic E-state index is 12.3. The Bertz CT molecular complexity index is 381. The van der Waals surface area contributed by atoms with Gasteiger partial charge in [0.25, 0.3) is 0 Å². The number of hydrogen-bond donors (Lipinski definition) is 1. The maximum absolute atomic E-state index is 12.3. The molecule has 5 heteroatoms. The average molecular weight is 275 g/mol. The molecule has 0 aromatic rings. The largest absolute Gasteiger partial charge is 0.316 e. The zero-order valence-electron chi connectivity index (χ0n) is 11.7. The maximum Gasteiger partial charge on any atom is 0.153 e. The van der Waals surface area contributed by atoms with Crippen molar-refractivity contribution in [1.82, 2.24) is 5.32 Å². The van der Waals surface area contributed by atoms with Gasteiger partial charge in [-0.15, -0.1) is 0 Å². The second-order valence-electron chi connectivity index (χ2n) is 5.50. The molecule has 1 heterocycles. The highest BCUT2D eigenvalue weighted by Crippen LogP contribution is 2.32. The van der Waals surface area contributed by atoms with E-state index < -0.39 is 15.1 Å². The number of Topliss-reactive ketones (excluding diaryl/α,β-unsaturated/α-hetero) is 1. The van der Waals surface area contributed by atoms with Gasteiger partial charge < -0.3 is 5.32 Å². The van der Waals surface area contributed by atoms with Gasteiger partial charge in [-0.25, -0.2) is 8.42 Å². The van der Waals surface area contributed by atoms with Gasteiger partial charge >= 0.3 is 0 Å². The van der Waals surface area contributed by atoms with Crippen LogP contribution in [0.3, 0.4) is 0 Å². The van der Waals surface area contributed by atoms with Gasteiger partial charge in [-0.3, -0.25) is 4.79 Å². The number of sulfone groups is 1. The smallest absolute Gasteiger partial charge is 0.153 e. The number of hydrogen-bond acceptors (Lipinski definition) is 4. The van der Waals surface area contributed by atoms with Crippen molar-refractivity contribution in [3.63, 3.8) is 0 Å². The molecule has 0 amide bonds. The summed E-state index contributed by atoms with van der Waals surface area (Å²) in [5.74, 6) is 0.104. The van der Waals surface area contributed by atoms with Gasteiger partial charge in [0.15, 0.2) is 9.84 Å². The van der Waals surface area contributed by atoms with E-state index in [1.807, 2.05) is 6.92 Å². The lowest BCUT2D eigenvalue weighted by atomic mass is 9.74. The predicted molar refractivity (Wildman–Crippen MR) is 73.4 cm³/mol. The van der Waals surface area contributed by atoms with E-state index in [4.69, 9.17) is 0 Å². The molecule has 18 heavy (non-hydrogen) atoms. The van der Waals surface area contributed by atoms with Crippen LogP contribution >= 0.6 is 0 Å². The average Bonchev–Trinajstić information content (AvgIpc) is 2.36. The van der Waals surface area contributed by atoms with E-state index in [-0.39, 0.29) is 23.4 Å². The van der Waals surface area contributed by atoms with Crippen molar-refractivity contribution in [1.29, 1.82) is 0 Å². The molecule has 0 spiro atoms. The number of nitrogens with one attached hydrogen (secondary N) is 1. The first kappa shape index (κ1) is 15.6. The third kappa shape index (κ3) is 3.54. The van der Waals surface area contributed by atoms with Crippen molar-refractivity contribution in [2.24, 2.45) is 5.41 Å². The van der Waals surface area contributed by atoms with Crippen LogP contribution in [0, 0.1) is 5.41 Å². The van der Waals surface area contributed by atoms with E-state index in [0.29, 0.717) is 6.54 Å². The molecule has 1 rings (SSSR count). The van der Waals surface area contributed by atoms with Crippen LogP contribution in [0.2, 0.25) is 0 Å². The summed E-state index contributed by atoms with van der Waals surface area (Å²) >= 11 is 0. The third-order valence-corrected chi connectivity index (χ3v) is 6.28. The minimum Gasteiger partial charge on any atom is -0.316 e. The second kappa shape index (κ2) is 6.15. The Balaban J connectivity index is 2.64. The number of carbonyl (C=O) groups is 1. The fourth-order valence-corrected chi connectivity index (χ4v) is 3.38. The SMILES string of the molecule is CCC1(C(=O)CCS(=O)(=O)C(C)C)CCCNC1. The molecule has 1 aliphatic rings. The number of carbonyl (C=O) groups excluding carboxylic acids is 1. The minimum atomic E-state index is -3.11. The summed E-state index contributed by atoms with van der Waals surface area (Å²) in [7, 11) is -3.11. The van der Waals surface area contributed by atoms with E-state index >= 15 is 0 Å². The molecule has 0 aromatic heterocycles. The Morgan fingerprint density at radius 1 is 1.39 bits per heavy atom. The highest BCUT2D eigenvalue weighted by Gasteiger charge is 2.37. The monoisotopic (exact) mass is 275 g/mol. The summed E-state index contributed by atoms with van der Waals surface area (Å²) in [6.45, 7) is 7.00. The van der Waals surface area contributed by atoms with E-state index in [1.54, 1.807) is 13.8 Å². The predicted octanol–water partition coefficient (Wildman–Crippen LogP) is 1.55. The number of ketones is 1. The van der Waals surface area contributed by atoms with Crippen LogP contribution in [0.15, 0.2) is 0 Å². The number of rotatable bonds is 6. The highest BCUT2D eigenvalue weighted by atomic mass is 32.2. The van der Waals surface area contributed by atoms with Crippen molar-refractivity contribution >= 4 is 15.6 Å². The van der Waals surface area contributed by atoms with Crippen LogP contribution in [0.1, 0.15) is 46.5 Å². The van der Waals surface area contributed by atoms with E-state index in [1.165, 1.54) is 0 Å². The van der Waals surface area contributed by atoms with Crippen LogP contribution in [-0.2, 0) is 14.6 Å². The molecule has 0 aliphatic carbocycles. The summed E-state index contributed by atoms with van der Waals surface area (Å²) in [5.41, 5.74) is -0.329. The summed E-state index contributed by atoms with van der Waals surface area (Å²) in [4.78, 5) is 12.3. The molecule has 0 radical (unpaired) electrons. The van der Waals surface area contributed by atoms with Crippen LogP contribution in [0.4, 0.5) is 0 Å². The van der Waals surface area contributed by atoms with Gasteiger partial charge in [0.05, 0.1) is 11.0 Å². The summed E-state index contributed by atoms with van der Waals surface area (Å²) in [6, 6.07) is 0. The summed E-state index contributed by atoms with van der Waals surface area (Å²) < 4.78 is 23.5. The molecule has 0 saturated carbocycles. The Labute approximate surface area is 110 Å². The molecule has 1 saturated heterocycles. The molecule has 1 aliphatic heterocycles. The van der Waals surface area contributed by atoms with Crippen molar-refractivity contribution in [2.75, 3.05) is 18.8 Å². The zero-order valence-corrected chi connectivity index (χ0v) is 12.5. The van der Waals surface area contributed by atoms with Gasteiger partial charge in [-0.2, -0.15) is 0 Å². The fraction of sp³-hybridized carbons (Fsp3) is 0.923. The second-order valence-corrected chi connectivity index (χ2v) is 8.18. The minimum absolute atomic E-state index is 0.00868. The molecule has 1 fully saturated rings. The van der Waals surface area contributed by atoms with Gasteiger partial charge in [0, 0.05) is 18.4 Å². The highest BCUT2D eigenvalue weighted by molar-refractivity contribution is 7.91. The molecule has 1 atom stereocenters. The first-order valence-electron chi connectivity index (χ1n) is 6.79. The molecule has 0 aromatic carbocycles. The standard InChI is InChI=1S/C13H25NO3S/c1-4-13(7-5-8-14-10-13)12(15)6-9-18(16,17)11(2)3/h11,14H,4-10H2,1-3H3. The first-order valence-corrected chi connectivity index (χ1v) is 8.51. The normalized spacial score (nSPS) is 25.3. The van der Waals surface area contributed by atoms with E-state index in [2.05, 4.69) is 5.32 Å². The molecule has 1 N–H and O–H groups in total. The van der Waals surface area contributed by atoms with Gasteiger partial charge in [-0.05, 0) is 39.7 Å². The molecular weight excluding hydrogens is 250 g/mol. The van der Waals surface area contributed by atoms with Gasteiger partial charge in [-0.1, -0.05) is 6.92 Å². The lowest BCUT2D eigenvalue weighted by Crippen LogP contribution is -2.45. The lowest BCUT2D eigenvalue weighted by molar-refractivity contribution is -0.129. The zero-order chi connectivity index (χ0) is 13.8. The van der Waals surface area contributed by atoms with Crippen LogP contribution in [0.5, 0.6) is 0 Å². The van der Waals surface area contributed by atoms with Crippen LogP contribution in [-0.4, -0.2) is 38.3 Å². The Morgan fingerprint density at radius 2 is 2.06 bits per heavy atom. The molecular formula is C13H25NO3S. The van der Waals surface area contributed by atoms with Crippen LogP contribution < -0.4 is 5.32 Å². The Kier molecular flexibility index (Phi) is 5.34. The Hall–Kier alpha value is -0.420. The third-order valence-electron chi connectivity index (χ3n) is 4.07. The topological polar surface area (TPSA) is 63.2 Å². The summed E-state index contributed by atoms with van der Waals surface area (Å²) in [6.07, 6.45) is 2.84. The number of piperidine rings is 1. The van der Waals surface area contributed by atoms with Gasteiger partial charge in [0.2, 0.25) is 0 Å². The lowest BCUT2D eigenvalue weighted by Gasteiger charge is -2.35. The van der Waals surface area contributed by atoms with Crippen molar-refractivity contribution in [3.05, 3.63) is 0 Å². The van der Waals surface area contributed by atoms with E-state index in [0.717, 1.165) is 25.8 Å². The molecule has 0 bridgehead atoms. The molecule has 106 valence electrons. The van der Waals surface area contributed by atoms with Gasteiger partial charge in [0.1, 0.15) is 5.78 Å². The van der Waals surface area contributed by atoms with Crippen molar-refractivity contribution < 1.29 is 13.2 Å².